The standard InChI is InChI=1S/C18H31BO3/c1-4-5-6-7-8-9-10-11-12-22-18-15(2)13-17(19(20)21)14-16(18)3/h13-14,20-21H,4-12H2,1-3H3. The normalized spacial score (nSPS) is 10.8. The summed E-state index contributed by atoms with van der Waals surface area (Å²) in [5.74, 6) is 0.882. The fourth-order valence-electron chi connectivity index (χ4n) is 2.77. The Morgan fingerprint density at radius 1 is 0.864 bits per heavy atom. The molecule has 124 valence electrons. The molecule has 1 rings (SSSR count). The zero-order valence-corrected chi connectivity index (χ0v) is 14.4. The van der Waals surface area contributed by atoms with Gasteiger partial charge in [-0.3, -0.25) is 0 Å². The van der Waals surface area contributed by atoms with Crippen molar-refractivity contribution in [1.82, 2.24) is 0 Å². The molecule has 3 nitrogen and oxygen atoms in total. The largest absolute Gasteiger partial charge is 0.493 e. The van der Waals surface area contributed by atoms with Gasteiger partial charge in [0.2, 0.25) is 0 Å². The molecule has 0 aromatic heterocycles. The zero-order valence-electron chi connectivity index (χ0n) is 14.4. The Balaban J connectivity index is 2.25. The first kappa shape index (κ1) is 19.1. The average molecular weight is 306 g/mol. The van der Waals surface area contributed by atoms with Gasteiger partial charge in [-0.1, -0.05) is 64.0 Å². The van der Waals surface area contributed by atoms with E-state index in [2.05, 4.69) is 6.92 Å². The molecule has 0 fully saturated rings. The molecular formula is C18H31BO3. The van der Waals surface area contributed by atoms with E-state index in [1.54, 1.807) is 12.1 Å². The molecule has 1 aromatic carbocycles. The van der Waals surface area contributed by atoms with Crippen LogP contribution in [0.4, 0.5) is 0 Å². The topological polar surface area (TPSA) is 49.7 Å². The number of unbranched alkanes of at least 4 members (excludes halogenated alkanes) is 7. The van der Waals surface area contributed by atoms with E-state index in [0.29, 0.717) is 5.46 Å². The van der Waals surface area contributed by atoms with Crippen molar-refractivity contribution in [3.05, 3.63) is 23.3 Å². The lowest BCUT2D eigenvalue weighted by molar-refractivity contribution is 0.300. The van der Waals surface area contributed by atoms with Gasteiger partial charge in [-0.05, 0) is 36.9 Å². The van der Waals surface area contributed by atoms with Crippen LogP contribution in [-0.2, 0) is 0 Å². The van der Waals surface area contributed by atoms with Crippen molar-refractivity contribution in [3.63, 3.8) is 0 Å². The Morgan fingerprint density at radius 3 is 1.86 bits per heavy atom. The van der Waals surface area contributed by atoms with Gasteiger partial charge < -0.3 is 14.8 Å². The minimum atomic E-state index is -1.42. The highest BCUT2D eigenvalue weighted by atomic mass is 16.5. The van der Waals surface area contributed by atoms with Gasteiger partial charge in [-0.15, -0.1) is 0 Å². The number of ether oxygens (including phenoxy) is 1. The van der Waals surface area contributed by atoms with Crippen LogP contribution in [0, 0.1) is 13.8 Å². The third kappa shape index (κ3) is 6.84. The monoisotopic (exact) mass is 306 g/mol. The first-order chi connectivity index (χ1) is 10.6. The second-order valence-electron chi connectivity index (χ2n) is 6.18. The molecule has 0 aliphatic heterocycles. The van der Waals surface area contributed by atoms with Gasteiger partial charge in [-0.2, -0.15) is 0 Å². The van der Waals surface area contributed by atoms with Gasteiger partial charge in [0.15, 0.2) is 0 Å². The summed E-state index contributed by atoms with van der Waals surface area (Å²) in [4.78, 5) is 0. The summed E-state index contributed by atoms with van der Waals surface area (Å²) in [6.45, 7) is 6.87. The van der Waals surface area contributed by atoms with Gasteiger partial charge in [0.05, 0.1) is 6.61 Å². The van der Waals surface area contributed by atoms with Gasteiger partial charge >= 0.3 is 7.12 Å². The Bertz CT molecular complexity index is 409. The highest BCUT2D eigenvalue weighted by Gasteiger charge is 2.14. The Kier molecular flexibility index (Phi) is 9.25. The first-order valence-electron chi connectivity index (χ1n) is 8.66. The van der Waals surface area contributed by atoms with E-state index in [4.69, 9.17) is 4.74 Å². The summed E-state index contributed by atoms with van der Waals surface area (Å²) in [5.41, 5.74) is 2.44. The van der Waals surface area contributed by atoms with E-state index in [1.165, 1.54) is 44.9 Å². The van der Waals surface area contributed by atoms with Crippen molar-refractivity contribution >= 4 is 12.6 Å². The third-order valence-electron chi connectivity index (χ3n) is 4.03. The highest BCUT2D eigenvalue weighted by molar-refractivity contribution is 6.58. The fourth-order valence-corrected chi connectivity index (χ4v) is 2.77. The number of benzene rings is 1. The van der Waals surface area contributed by atoms with Crippen LogP contribution in [0.15, 0.2) is 12.1 Å². The minimum Gasteiger partial charge on any atom is -0.493 e. The molecule has 0 bridgehead atoms. The Labute approximate surface area is 135 Å². The van der Waals surface area contributed by atoms with Crippen LogP contribution < -0.4 is 10.2 Å². The van der Waals surface area contributed by atoms with E-state index in [0.717, 1.165) is 29.9 Å². The summed E-state index contributed by atoms with van der Waals surface area (Å²) >= 11 is 0. The highest BCUT2D eigenvalue weighted by Crippen LogP contribution is 2.22. The van der Waals surface area contributed by atoms with Crippen LogP contribution in [0.2, 0.25) is 0 Å². The van der Waals surface area contributed by atoms with Crippen LogP contribution in [0.1, 0.15) is 69.4 Å². The molecule has 0 radical (unpaired) electrons. The first-order valence-corrected chi connectivity index (χ1v) is 8.66. The minimum absolute atomic E-state index is 0.523. The van der Waals surface area contributed by atoms with Gasteiger partial charge in [0.1, 0.15) is 5.75 Å². The fraction of sp³-hybridized carbons (Fsp3) is 0.667. The molecule has 0 aliphatic carbocycles. The summed E-state index contributed by atoms with van der Waals surface area (Å²) in [7, 11) is -1.42. The molecule has 0 saturated heterocycles. The van der Waals surface area contributed by atoms with Crippen molar-refractivity contribution in [3.8, 4) is 5.75 Å². The van der Waals surface area contributed by atoms with Crippen molar-refractivity contribution in [1.29, 1.82) is 0 Å². The zero-order chi connectivity index (χ0) is 16.4. The van der Waals surface area contributed by atoms with Gasteiger partial charge in [0, 0.05) is 0 Å². The predicted molar refractivity (Wildman–Crippen MR) is 93.8 cm³/mol. The number of hydrogen-bond donors (Lipinski definition) is 2. The number of rotatable bonds is 11. The van der Waals surface area contributed by atoms with E-state index >= 15 is 0 Å². The van der Waals surface area contributed by atoms with Crippen molar-refractivity contribution < 1.29 is 14.8 Å². The van der Waals surface area contributed by atoms with Crippen LogP contribution in [0.3, 0.4) is 0 Å². The molecule has 0 saturated carbocycles. The molecule has 0 heterocycles. The van der Waals surface area contributed by atoms with Crippen LogP contribution in [0.25, 0.3) is 0 Å². The number of aryl methyl sites for hydroxylation is 2. The molecule has 22 heavy (non-hydrogen) atoms. The molecular weight excluding hydrogens is 275 g/mol. The van der Waals surface area contributed by atoms with Gasteiger partial charge in [0.25, 0.3) is 0 Å². The van der Waals surface area contributed by atoms with Crippen LogP contribution in [-0.4, -0.2) is 23.8 Å². The smallest absolute Gasteiger partial charge is 0.488 e. The van der Waals surface area contributed by atoms with E-state index in [-0.39, 0.29) is 0 Å². The van der Waals surface area contributed by atoms with Crippen LogP contribution in [0.5, 0.6) is 5.75 Å². The summed E-state index contributed by atoms with van der Waals surface area (Å²) in [6.07, 6.45) is 10.3. The van der Waals surface area contributed by atoms with Gasteiger partial charge in [-0.25, -0.2) is 0 Å². The maximum absolute atomic E-state index is 9.23. The Hall–Kier alpha value is -0.995. The number of hydrogen-bond acceptors (Lipinski definition) is 3. The van der Waals surface area contributed by atoms with E-state index in [9.17, 15) is 10.0 Å². The quantitative estimate of drug-likeness (QED) is 0.486. The maximum atomic E-state index is 9.23. The molecule has 0 atom stereocenters. The Morgan fingerprint density at radius 2 is 1.36 bits per heavy atom. The average Bonchev–Trinajstić information content (AvgIpc) is 2.47. The maximum Gasteiger partial charge on any atom is 0.488 e. The van der Waals surface area contributed by atoms with E-state index in [1.807, 2.05) is 13.8 Å². The predicted octanol–water partition coefficient (Wildman–Crippen LogP) is 3.50. The summed E-state index contributed by atoms with van der Waals surface area (Å²) < 4.78 is 5.88. The lowest BCUT2D eigenvalue weighted by atomic mass is 9.78. The van der Waals surface area contributed by atoms with Crippen molar-refractivity contribution in [2.75, 3.05) is 6.61 Å². The molecule has 0 unspecified atom stereocenters. The van der Waals surface area contributed by atoms with Crippen molar-refractivity contribution in [2.45, 2.75) is 72.1 Å². The summed E-state index contributed by atoms with van der Waals surface area (Å²) in [5, 5.41) is 18.5. The molecule has 2 N–H and O–H groups in total. The molecule has 0 spiro atoms. The second-order valence-corrected chi connectivity index (χ2v) is 6.18. The molecule has 4 heteroatoms. The molecule has 0 amide bonds. The van der Waals surface area contributed by atoms with E-state index < -0.39 is 7.12 Å². The lowest BCUT2D eigenvalue weighted by Crippen LogP contribution is -2.30. The third-order valence-corrected chi connectivity index (χ3v) is 4.03. The SMILES string of the molecule is CCCCCCCCCCOc1c(C)cc(B(O)O)cc1C. The summed E-state index contributed by atoms with van der Waals surface area (Å²) in [6, 6.07) is 3.56. The molecule has 1 aromatic rings. The lowest BCUT2D eigenvalue weighted by Gasteiger charge is -2.14. The second kappa shape index (κ2) is 10.7. The van der Waals surface area contributed by atoms with Crippen LogP contribution >= 0.6 is 0 Å². The molecule has 0 aliphatic rings. The van der Waals surface area contributed by atoms with Crippen molar-refractivity contribution in [2.24, 2.45) is 0 Å².